The van der Waals surface area contributed by atoms with Gasteiger partial charge >= 0.3 is 0 Å². The van der Waals surface area contributed by atoms with Gasteiger partial charge in [-0.25, -0.2) is 4.98 Å². The fourth-order valence-electron chi connectivity index (χ4n) is 2.12. The number of nitrogens with one attached hydrogen (secondary N) is 1. The van der Waals surface area contributed by atoms with Crippen molar-refractivity contribution in [2.24, 2.45) is 7.05 Å². The van der Waals surface area contributed by atoms with Crippen LogP contribution in [0.15, 0.2) is 0 Å². The topological polar surface area (TPSA) is 52.0 Å². The van der Waals surface area contributed by atoms with Crippen LogP contribution in [-0.4, -0.2) is 40.6 Å². The largest absolute Gasteiger partial charge is 0.378 e. The molecule has 0 radical (unpaired) electrons. The maximum absolute atomic E-state index is 5.86. The second-order valence-corrected chi connectivity index (χ2v) is 4.49. The van der Waals surface area contributed by atoms with E-state index in [4.69, 9.17) is 4.74 Å². The number of nitrogens with zero attached hydrogens (tertiary/aromatic N) is 3. The third kappa shape index (κ3) is 3.51. The van der Waals surface area contributed by atoms with Crippen molar-refractivity contribution in [3.05, 3.63) is 11.6 Å². The van der Waals surface area contributed by atoms with Gasteiger partial charge in [0.2, 0.25) is 0 Å². The van der Waals surface area contributed by atoms with Crippen molar-refractivity contribution >= 4 is 0 Å². The SMILES string of the molecule is CCc1nc(CCOC2CCNCC2)n(C)n1. The summed E-state index contributed by atoms with van der Waals surface area (Å²) in [4.78, 5) is 4.47. The van der Waals surface area contributed by atoms with E-state index >= 15 is 0 Å². The highest BCUT2D eigenvalue weighted by Gasteiger charge is 2.13. The molecule has 1 saturated heterocycles. The van der Waals surface area contributed by atoms with Gasteiger partial charge in [-0.2, -0.15) is 5.10 Å². The second kappa shape index (κ2) is 6.12. The van der Waals surface area contributed by atoms with Gasteiger partial charge in [0.1, 0.15) is 5.82 Å². The van der Waals surface area contributed by atoms with Crippen LogP contribution in [0.2, 0.25) is 0 Å². The molecule has 1 aliphatic heterocycles. The predicted molar refractivity (Wildman–Crippen MR) is 65.9 cm³/mol. The van der Waals surface area contributed by atoms with Crippen LogP contribution in [0.1, 0.15) is 31.4 Å². The summed E-state index contributed by atoms with van der Waals surface area (Å²) in [6, 6.07) is 0. The molecule has 0 aliphatic carbocycles. The van der Waals surface area contributed by atoms with E-state index in [-0.39, 0.29) is 0 Å². The molecule has 0 saturated carbocycles. The van der Waals surface area contributed by atoms with E-state index in [1.807, 2.05) is 11.7 Å². The van der Waals surface area contributed by atoms with Crippen LogP contribution in [-0.2, 0) is 24.6 Å². The number of aromatic nitrogens is 3. The first-order valence-electron chi connectivity index (χ1n) is 6.50. The van der Waals surface area contributed by atoms with Crippen molar-refractivity contribution in [2.45, 2.75) is 38.7 Å². The molecule has 1 aromatic rings. The minimum absolute atomic E-state index is 0.426. The summed E-state index contributed by atoms with van der Waals surface area (Å²) in [6.07, 6.45) is 4.42. The van der Waals surface area contributed by atoms with Crippen LogP contribution >= 0.6 is 0 Å². The quantitative estimate of drug-likeness (QED) is 0.820. The normalized spacial score (nSPS) is 17.5. The second-order valence-electron chi connectivity index (χ2n) is 4.49. The molecule has 1 aromatic heterocycles. The summed E-state index contributed by atoms with van der Waals surface area (Å²) in [6.45, 7) is 4.98. The van der Waals surface area contributed by atoms with E-state index in [0.29, 0.717) is 6.10 Å². The minimum Gasteiger partial charge on any atom is -0.378 e. The molecule has 5 heteroatoms. The zero-order valence-corrected chi connectivity index (χ0v) is 10.8. The molecular weight excluding hydrogens is 216 g/mol. The maximum Gasteiger partial charge on any atom is 0.150 e. The number of hydrogen-bond acceptors (Lipinski definition) is 4. The summed E-state index contributed by atoms with van der Waals surface area (Å²) >= 11 is 0. The molecule has 96 valence electrons. The van der Waals surface area contributed by atoms with Crippen LogP contribution in [0.4, 0.5) is 0 Å². The lowest BCUT2D eigenvalue weighted by Crippen LogP contribution is -2.32. The van der Waals surface area contributed by atoms with Crippen LogP contribution in [0.3, 0.4) is 0 Å². The van der Waals surface area contributed by atoms with Gasteiger partial charge in [-0.15, -0.1) is 0 Å². The van der Waals surface area contributed by atoms with E-state index in [2.05, 4.69) is 22.3 Å². The smallest absolute Gasteiger partial charge is 0.150 e. The zero-order valence-electron chi connectivity index (χ0n) is 10.8. The highest BCUT2D eigenvalue weighted by Crippen LogP contribution is 2.08. The molecule has 0 bridgehead atoms. The van der Waals surface area contributed by atoms with Crippen molar-refractivity contribution in [1.82, 2.24) is 20.1 Å². The molecule has 0 unspecified atom stereocenters. The zero-order chi connectivity index (χ0) is 12.1. The average Bonchev–Trinajstić information content (AvgIpc) is 2.72. The molecule has 1 N–H and O–H groups in total. The first-order valence-corrected chi connectivity index (χ1v) is 6.50. The highest BCUT2D eigenvalue weighted by atomic mass is 16.5. The van der Waals surface area contributed by atoms with E-state index in [1.54, 1.807) is 0 Å². The fraction of sp³-hybridized carbons (Fsp3) is 0.833. The maximum atomic E-state index is 5.86. The number of hydrogen-bond donors (Lipinski definition) is 1. The Bertz CT molecular complexity index is 344. The van der Waals surface area contributed by atoms with Crippen LogP contribution in [0.5, 0.6) is 0 Å². The predicted octanol–water partition coefficient (Wildman–Crippen LogP) is 0.689. The van der Waals surface area contributed by atoms with Gasteiger partial charge in [-0.1, -0.05) is 6.92 Å². The van der Waals surface area contributed by atoms with Crippen molar-refractivity contribution in [1.29, 1.82) is 0 Å². The van der Waals surface area contributed by atoms with E-state index in [0.717, 1.165) is 57.0 Å². The Morgan fingerprint density at radius 3 is 2.82 bits per heavy atom. The van der Waals surface area contributed by atoms with Gasteiger partial charge in [0, 0.05) is 19.9 Å². The van der Waals surface area contributed by atoms with Gasteiger partial charge in [0.15, 0.2) is 5.82 Å². The molecule has 17 heavy (non-hydrogen) atoms. The van der Waals surface area contributed by atoms with Crippen LogP contribution < -0.4 is 5.32 Å². The molecule has 2 heterocycles. The van der Waals surface area contributed by atoms with Gasteiger partial charge in [-0.3, -0.25) is 4.68 Å². The average molecular weight is 238 g/mol. The molecule has 2 rings (SSSR count). The van der Waals surface area contributed by atoms with E-state index in [1.165, 1.54) is 0 Å². The lowest BCUT2D eigenvalue weighted by Gasteiger charge is -2.22. The highest BCUT2D eigenvalue weighted by molar-refractivity contribution is 4.92. The Morgan fingerprint density at radius 2 is 2.18 bits per heavy atom. The van der Waals surface area contributed by atoms with Crippen molar-refractivity contribution in [2.75, 3.05) is 19.7 Å². The van der Waals surface area contributed by atoms with Crippen molar-refractivity contribution in [3.63, 3.8) is 0 Å². The van der Waals surface area contributed by atoms with E-state index in [9.17, 15) is 0 Å². The first kappa shape index (κ1) is 12.5. The number of ether oxygens (including phenoxy) is 1. The van der Waals surface area contributed by atoms with Gasteiger partial charge < -0.3 is 10.1 Å². The monoisotopic (exact) mass is 238 g/mol. The van der Waals surface area contributed by atoms with Crippen LogP contribution in [0.25, 0.3) is 0 Å². The van der Waals surface area contributed by atoms with Gasteiger partial charge in [0.25, 0.3) is 0 Å². The van der Waals surface area contributed by atoms with Gasteiger partial charge in [-0.05, 0) is 25.9 Å². The Balaban J connectivity index is 1.75. The summed E-state index contributed by atoms with van der Waals surface area (Å²) in [5.74, 6) is 1.94. The number of rotatable bonds is 5. The third-order valence-electron chi connectivity index (χ3n) is 3.18. The Hall–Kier alpha value is -0.940. The lowest BCUT2D eigenvalue weighted by molar-refractivity contribution is 0.0339. The summed E-state index contributed by atoms with van der Waals surface area (Å²) in [7, 11) is 1.95. The summed E-state index contributed by atoms with van der Waals surface area (Å²) in [5.41, 5.74) is 0. The Labute approximate surface area is 103 Å². The van der Waals surface area contributed by atoms with Gasteiger partial charge in [0.05, 0.1) is 12.7 Å². The van der Waals surface area contributed by atoms with Crippen LogP contribution in [0, 0.1) is 0 Å². The minimum atomic E-state index is 0.426. The van der Waals surface area contributed by atoms with E-state index < -0.39 is 0 Å². The fourth-order valence-corrected chi connectivity index (χ4v) is 2.12. The lowest BCUT2D eigenvalue weighted by atomic mass is 10.1. The molecule has 0 atom stereocenters. The van der Waals surface area contributed by atoms with Crippen molar-refractivity contribution in [3.8, 4) is 0 Å². The molecule has 1 fully saturated rings. The molecule has 5 nitrogen and oxygen atoms in total. The van der Waals surface area contributed by atoms with Crippen molar-refractivity contribution < 1.29 is 4.74 Å². The Kier molecular flexibility index (Phi) is 4.50. The molecular formula is C12H22N4O. The molecule has 0 amide bonds. The molecule has 1 aliphatic rings. The molecule has 0 spiro atoms. The number of piperidine rings is 1. The standard InChI is InChI=1S/C12H22N4O/c1-3-11-14-12(16(2)15-11)6-9-17-10-4-7-13-8-5-10/h10,13H,3-9H2,1-2H3. The summed E-state index contributed by atoms with van der Waals surface area (Å²) < 4.78 is 7.73. The first-order chi connectivity index (χ1) is 8.29. The Morgan fingerprint density at radius 1 is 1.41 bits per heavy atom. The number of aryl methyl sites for hydroxylation is 2. The third-order valence-corrected chi connectivity index (χ3v) is 3.18. The molecule has 0 aromatic carbocycles. The summed E-state index contributed by atoms with van der Waals surface area (Å²) in [5, 5.41) is 7.67.